The van der Waals surface area contributed by atoms with E-state index in [0.717, 1.165) is 5.56 Å². The van der Waals surface area contributed by atoms with Crippen LogP contribution in [0.3, 0.4) is 0 Å². The summed E-state index contributed by atoms with van der Waals surface area (Å²) < 4.78 is 25.6. The first kappa shape index (κ1) is 12.3. The van der Waals surface area contributed by atoms with Gasteiger partial charge in [0.15, 0.2) is 0 Å². The lowest BCUT2D eigenvalue weighted by atomic mass is 10.2. The summed E-state index contributed by atoms with van der Waals surface area (Å²) in [5.74, 6) is 0.372. The van der Waals surface area contributed by atoms with Crippen LogP contribution in [0.25, 0.3) is 0 Å². The molecule has 0 aromatic heterocycles. The largest absolute Gasteiger partial charge is 0.283 e. The molecule has 5 heteroatoms. The van der Waals surface area contributed by atoms with E-state index in [2.05, 4.69) is 4.72 Å². The molecule has 0 bridgehead atoms. The molecule has 0 saturated heterocycles. The van der Waals surface area contributed by atoms with E-state index in [1.54, 1.807) is 32.0 Å². The molecule has 0 aliphatic heterocycles. The van der Waals surface area contributed by atoms with Crippen LogP contribution in [0, 0.1) is 0 Å². The topological polar surface area (TPSA) is 46.2 Å². The Kier molecular flexibility index (Phi) is 3.99. The summed E-state index contributed by atoms with van der Waals surface area (Å²) >= 11 is 5.66. The van der Waals surface area contributed by atoms with Crippen molar-refractivity contribution in [3.63, 3.8) is 0 Å². The molecule has 1 aromatic rings. The third kappa shape index (κ3) is 3.39. The van der Waals surface area contributed by atoms with Gasteiger partial charge in [-0.3, -0.25) is 4.72 Å². The minimum Gasteiger partial charge on any atom is -0.283 e. The molecule has 1 N–H and O–H groups in total. The van der Waals surface area contributed by atoms with Crippen molar-refractivity contribution in [2.45, 2.75) is 25.0 Å². The molecule has 1 aromatic carbocycles. The molecule has 1 rings (SSSR count). The van der Waals surface area contributed by atoms with Gasteiger partial charge in [-0.15, -0.1) is 11.6 Å². The Hall–Kier alpha value is -0.740. The normalized spacial score (nSPS) is 11.7. The van der Waals surface area contributed by atoms with Crippen molar-refractivity contribution < 1.29 is 8.42 Å². The van der Waals surface area contributed by atoms with Gasteiger partial charge in [0.2, 0.25) is 10.0 Å². The minimum absolute atomic E-state index is 0.372. The molecule has 0 aliphatic carbocycles. The van der Waals surface area contributed by atoms with Crippen LogP contribution in [0.1, 0.15) is 19.4 Å². The van der Waals surface area contributed by atoms with Gasteiger partial charge in [0, 0.05) is 11.6 Å². The molecule has 0 atom stereocenters. The number of hydrogen-bond acceptors (Lipinski definition) is 2. The molecule has 0 unspecified atom stereocenters. The number of benzene rings is 1. The number of rotatable bonds is 4. The number of sulfonamides is 1. The zero-order chi connectivity index (χ0) is 11.5. The summed E-state index contributed by atoms with van der Waals surface area (Å²) in [4.78, 5) is 0. The van der Waals surface area contributed by atoms with Crippen LogP contribution in [0.2, 0.25) is 0 Å². The Labute approximate surface area is 95.5 Å². The van der Waals surface area contributed by atoms with Gasteiger partial charge < -0.3 is 0 Å². The average Bonchev–Trinajstić information content (AvgIpc) is 2.17. The first-order valence-electron chi connectivity index (χ1n) is 4.62. The van der Waals surface area contributed by atoms with Gasteiger partial charge in [-0.1, -0.05) is 12.1 Å². The van der Waals surface area contributed by atoms with Gasteiger partial charge in [-0.2, -0.15) is 0 Å². The fraction of sp³-hybridized carbons (Fsp3) is 0.400. The van der Waals surface area contributed by atoms with E-state index in [-0.39, 0.29) is 0 Å². The van der Waals surface area contributed by atoms with E-state index in [0.29, 0.717) is 11.6 Å². The number of alkyl halides is 1. The van der Waals surface area contributed by atoms with Gasteiger partial charge in [-0.25, -0.2) is 8.42 Å². The van der Waals surface area contributed by atoms with Crippen molar-refractivity contribution in [1.29, 1.82) is 0 Å². The lowest BCUT2D eigenvalue weighted by Gasteiger charge is -2.11. The smallest absolute Gasteiger partial charge is 0.235 e. The maximum absolute atomic E-state index is 11.6. The van der Waals surface area contributed by atoms with Crippen LogP contribution in [-0.4, -0.2) is 13.7 Å². The summed E-state index contributed by atoms with van der Waals surface area (Å²) in [6.45, 7) is 3.27. The van der Waals surface area contributed by atoms with Crippen LogP contribution < -0.4 is 4.72 Å². The van der Waals surface area contributed by atoms with Gasteiger partial charge in [0.25, 0.3) is 0 Å². The van der Waals surface area contributed by atoms with E-state index in [4.69, 9.17) is 11.6 Å². The monoisotopic (exact) mass is 247 g/mol. The zero-order valence-electron chi connectivity index (χ0n) is 8.70. The Bertz CT molecular complexity index is 429. The molecule has 0 aliphatic rings. The number of hydrogen-bond donors (Lipinski definition) is 1. The zero-order valence-corrected chi connectivity index (χ0v) is 10.3. The van der Waals surface area contributed by atoms with E-state index >= 15 is 0 Å². The molecular formula is C10H14ClNO2S. The van der Waals surface area contributed by atoms with E-state index in [9.17, 15) is 8.42 Å². The second kappa shape index (κ2) is 4.86. The number of anilines is 1. The van der Waals surface area contributed by atoms with Crippen molar-refractivity contribution in [3.05, 3.63) is 29.8 Å². The highest BCUT2D eigenvalue weighted by molar-refractivity contribution is 7.93. The van der Waals surface area contributed by atoms with E-state index < -0.39 is 15.3 Å². The highest BCUT2D eigenvalue weighted by atomic mass is 35.5. The third-order valence-corrected chi connectivity index (χ3v) is 4.03. The molecular weight excluding hydrogens is 234 g/mol. The van der Waals surface area contributed by atoms with Crippen LogP contribution in [-0.2, 0) is 15.9 Å². The third-order valence-electron chi connectivity index (χ3n) is 1.96. The maximum atomic E-state index is 11.6. The Morgan fingerprint density at radius 2 is 2.07 bits per heavy atom. The van der Waals surface area contributed by atoms with Crippen LogP contribution >= 0.6 is 11.6 Å². The van der Waals surface area contributed by atoms with Gasteiger partial charge in [-0.05, 0) is 31.5 Å². The minimum atomic E-state index is -3.27. The molecule has 0 amide bonds. The van der Waals surface area contributed by atoms with Gasteiger partial charge in [0.05, 0.1) is 5.25 Å². The van der Waals surface area contributed by atoms with Crippen molar-refractivity contribution in [1.82, 2.24) is 0 Å². The Morgan fingerprint density at radius 3 is 2.60 bits per heavy atom. The average molecular weight is 248 g/mol. The Balaban J connectivity index is 2.90. The maximum Gasteiger partial charge on any atom is 0.235 e. The van der Waals surface area contributed by atoms with Crippen molar-refractivity contribution in [2.75, 3.05) is 4.72 Å². The highest BCUT2D eigenvalue weighted by Crippen LogP contribution is 2.15. The van der Waals surface area contributed by atoms with Crippen LogP contribution in [0.4, 0.5) is 5.69 Å². The second-order valence-corrected chi connectivity index (χ2v) is 6.03. The lowest BCUT2D eigenvalue weighted by Crippen LogP contribution is -2.22. The van der Waals surface area contributed by atoms with Gasteiger partial charge in [0.1, 0.15) is 0 Å². The number of halogens is 1. The predicted molar refractivity (Wildman–Crippen MR) is 63.7 cm³/mol. The molecule has 15 heavy (non-hydrogen) atoms. The van der Waals surface area contributed by atoms with Crippen LogP contribution in [0.15, 0.2) is 24.3 Å². The van der Waals surface area contributed by atoms with Crippen molar-refractivity contribution in [3.8, 4) is 0 Å². The quantitative estimate of drug-likeness (QED) is 0.832. The summed E-state index contributed by atoms with van der Waals surface area (Å²) in [7, 11) is -3.27. The molecule has 84 valence electrons. The van der Waals surface area contributed by atoms with E-state index in [1.165, 1.54) is 0 Å². The van der Waals surface area contributed by atoms with E-state index in [1.807, 2.05) is 6.07 Å². The first-order valence-corrected chi connectivity index (χ1v) is 6.70. The fourth-order valence-corrected chi connectivity index (χ4v) is 1.86. The van der Waals surface area contributed by atoms with Gasteiger partial charge >= 0.3 is 0 Å². The van der Waals surface area contributed by atoms with Crippen molar-refractivity contribution >= 4 is 27.3 Å². The summed E-state index contributed by atoms with van der Waals surface area (Å²) in [5, 5.41) is -0.447. The molecule has 0 heterocycles. The number of nitrogens with one attached hydrogen (secondary N) is 1. The Morgan fingerprint density at radius 1 is 1.40 bits per heavy atom. The molecule has 3 nitrogen and oxygen atoms in total. The molecule has 0 radical (unpaired) electrons. The molecule has 0 fully saturated rings. The summed E-state index contributed by atoms with van der Waals surface area (Å²) in [6, 6.07) is 7.05. The predicted octanol–water partition coefficient (Wildman–Crippen LogP) is 2.58. The first-order chi connectivity index (χ1) is 6.95. The standard InChI is InChI=1S/C10H14ClNO2S/c1-8(2)15(13,14)12-10-5-3-4-9(6-10)7-11/h3-6,8,12H,7H2,1-2H3. The fourth-order valence-electron chi connectivity index (χ4n) is 1.00. The SMILES string of the molecule is CC(C)S(=O)(=O)Nc1cccc(CCl)c1. The molecule has 0 spiro atoms. The summed E-state index contributed by atoms with van der Waals surface area (Å²) in [5.41, 5.74) is 1.45. The van der Waals surface area contributed by atoms with Crippen molar-refractivity contribution in [2.24, 2.45) is 0 Å². The lowest BCUT2D eigenvalue weighted by molar-refractivity contribution is 0.593. The highest BCUT2D eigenvalue weighted by Gasteiger charge is 2.15. The summed E-state index contributed by atoms with van der Waals surface area (Å²) in [6.07, 6.45) is 0. The second-order valence-electron chi connectivity index (χ2n) is 3.53. The molecule has 0 saturated carbocycles. The van der Waals surface area contributed by atoms with Crippen LogP contribution in [0.5, 0.6) is 0 Å².